The lowest BCUT2D eigenvalue weighted by atomic mass is 9.94. The number of benzene rings is 1. The molecule has 1 aromatic heterocycles. The highest BCUT2D eigenvalue weighted by molar-refractivity contribution is 5.96. The highest BCUT2D eigenvalue weighted by Crippen LogP contribution is 2.26. The first-order valence-electron chi connectivity index (χ1n) is 11.6. The Balaban J connectivity index is 1.52. The van der Waals surface area contributed by atoms with Crippen molar-refractivity contribution in [2.45, 2.75) is 38.8 Å². The minimum atomic E-state index is -0.228. The summed E-state index contributed by atoms with van der Waals surface area (Å²) < 4.78 is 7.05. The molecule has 2 saturated heterocycles. The molecule has 0 N–H and O–H groups in total. The number of ether oxygens (including phenoxy) is 1. The lowest BCUT2D eigenvalue weighted by molar-refractivity contribution is -0.136. The van der Waals surface area contributed by atoms with Gasteiger partial charge >= 0.3 is 0 Å². The molecule has 0 radical (unpaired) electrons. The molecule has 5 rings (SSSR count). The number of fused-ring (bicyclic) bond motifs is 1. The number of rotatable bonds is 4. The molecule has 1 atom stereocenters. The predicted octanol–water partition coefficient (Wildman–Crippen LogP) is 2.05. The summed E-state index contributed by atoms with van der Waals surface area (Å²) in [5.74, 6) is -0.131. The molecular weight excluding hydrogens is 406 g/mol. The normalized spacial score (nSPS) is 20.4. The number of carbonyl (C=O) groups is 2. The van der Waals surface area contributed by atoms with E-state index < -0.39 is 0 Å². The Labute approximate surface area is 187 Å². The molecule has 0 bridgehead atoms. The average Bonchev–Trinajstić information content (AvgIpc) is 3.54. The van der Waals surface area contributed by atoms with Crippen LogP contribution >= 0.6 is 0 Å². The van der Waals surface area contributed by atoms with Crippen molar-refractivity contribution in [3.8, 4) is 0 Å². The highest BCUT2D eigenvalue weighted by atomic mass is 16.5. The molecule has 2 fully saturated rings. The van der Waals surface area contributed by atoms with E-state index in [0.29, 0.717) is 57.9 Å². The van der Waals surface area contributed by atoms with Crippen LogP contribution in [0.3, 0.4) is 0 Å². The largest absolute Gasteiger partial charge is 0.381 e. The third kappa shape index (κ3) is 3.97. The van der Waals surface area contributed by atoms with Crippen molar-refractivity contribution in [3.63, 3.8) is 0 Å². The number of hydrogen-bond acceptors (Lipinski definition) is 4. The molecule has 2 amide bonds. The molecule has 7 nitrogen and oxygen atoms in total. The number of nitrogens with zero attached hydrogens (tertiary/aromatic N) is 3. The topological polar surface area (TPSA) is 71.8 Å². The van der Waals surface area contributed by atoms with Crippen molar-refractivity contribution in [1.29, 1.82) is 0 Å². The lowest BCUT2D eigenvalue weighted by Gasteiger charge is -2.32. The Morgan fingerprint density at radius 1 is 1.03 bits per heavy atom. The van der Waals surface area contributed by atoms with Gasteiger partial charge in [0.1, 0.15) is 5.56 Å². The summed E-state index contributed by atoms with van der Waals surface area (Å²) in [7, 11) is 0. The number of likely N-dealkylation sites (tertiary alicyclic amines) is 1. The minimum absolute atomic E-state index is 0.0857. The van der Waals surface area contributed by atoms with Crippen LogP contribution in [0.15, 0.2) is 41.3 Å². The zero-order valence-corrected chi connectivity index (χ0v) is 18.3. The number of carbonyl (C=O) groups excluding carboxylic acids is 2. The predicted molar refractivity (Wildman–Crippen MR) is 119 cm³/mol. The van der Waals surface area contributed by atoms with E-state index in [1.807, 2.05) is 41.4 Å². The van der Waals surface area contributed by atoms with Crippen LogP contribution in [0.2, 0.25) is 0 Å². The van der Waals surface area contributed by atoms with Gasteiger partial charge in [0.05, 0.1) is 19.1 Å². The van der Waals surface area contributed by atoms with Gasteiger partial charge in [0.15, 0.2) is 0 Å². The molecule has 3 aliphatic heterocycles. The van der Waals surface area contributed by atoms with Crippen molar-refractivity contribution < 1.29 is 14.3 Å². The van der Waals surface area contributed by atoms with Crippen LogP contribution in [0.5, 0.6) is 0 Å². The van der Waals surface area contributed by atoms with Crippen molar-refractivity contribution in [1.82, 2.24) is 14.4 Å². The summed E-state index contributed by atoms with van der Waals surface area (Å²) in [5.41, 5.74) is 2.80. The van der Waals surface area contributed by atoms with Crippen LogP contribution < -0.4 is 5.56 Å². The molecule has 168 valence electrons. The fraction of sp³-hybridized carbons (Fsp3) is 0.480. The van der Waals surface area contributed by atoms with Gasteiger partial charge in [-0.05, 0) is 42.4 Å². The molecule has 7 heteroatoms. The fourth-order valence-corrected chi connectivity index (χ4v) is 5.08. The monoisotopic (exact) mass is 435 g/mol. The quantitative estimate of drug-likeness (QED) is 0.737. The van der Waals surface area contributed by atoms with Crippen LogP contribution in [0.25, 0.3) is 0 Å². The average molecular weight is 436 g/mol. The van der Waals surface area contributed by atoms with Gasteiger partial charge in [-0.3, -0.25) is 14.4 Å². The first kappa shape index (κ1) is 20.9. The van der Waals surface area contributed by atoms with Crippen LogP contribution in [-0.4, -0.2) is 59.0 Å². The Morgan fingerprint density at radius 3 is 2.53 bits per heavy atom. The highest BCUT2D eigenvalue weighted by Gasteiger charge is 2.34. The zero-order valence-electron chi connectivity index (χ0n) is 18.3. The molecule has 1 unspecified atom stereocenters. The molecule has 0 saturated carbocycles. The summed E-state index contributed by atoms with van der Waals surface area (Å²) in [6.07, 6.45) is 5.10. The first-order valence-corrected chi connectivity index (χ1v) is 11.6. The van der Waals surface area contributed by atoms with E-state index in [1.165, 1.54) is 0 Å². The third-order valence-corrected chi connectivity index (χ3v) is 6.86. The summed E-state index contributed by atoms with van der Waals surface area (Å²) in [4.78, 5) is 43.5. The van der Waals surface area contributed by atoms with Crippen molar-refractivity contribution in [2.75, 3.05) is 32.8 Å². The molecule has 0 aliphatic carbocycles. The van der Waals surface area contributed by atoms with Crippen LogP contribution in [0.1, 0.15) is 46.3 Å². The maximum absolute atomic E-state index is 13.5. The maximum atomic E-state index is 13.5. The second-order valence-corrected chi connectivity index (χ2v) is 9.00. The fourth-order valence-electron chi connectivity index (χ4n) is 5.08. The van der Waals surface area contributed by atoms with E-state index >= 15 is 0 Å². The number of amides is 2. The summed E-state index contributed by atoms with van der Waals surface area (Å²) >= 11 is 0. The second kappa shape index (κ2) is 8.90. The van der Waals surface area contributed by atoms with E-state index in [4.69, 9.17) is 4.74 Å². The molecule has 3 aliphatic rings. The smallest absolute Gasteiger partial charge is 0.264 e. The summed E-state index contributed by atoms with van der Waals surface area (Å²) in [6, 6.07) is 9.78. The Morgan fingerprint density at radius 2 is 1.81 bits per heavy atom. The van der Waals surface area contributed by atoms with Crippen LogP contribution in [0.4, 0.5) is 0 Å². The van der Waals surface area contributed by atoms with Gasteiger partial charge in [0.25, 0.3) is 11.5 Å². The molecule has 1 aromatic carbocycles. The number of pyridine rings is 1. The molecule has 2 aromatic rings. The van der Waals surface area contributed by atoms with E-state index in [0.717, 1.165) is 36.0 Å². The lowest BCUT2D eigenvalue weighted by Crippen LogP contribution is -2.43. The second-order valence-electron chi connectivity index (χ2n) is 9.00. The Kier molecular flexibility index (Phi) is 5.83. The summed E-state index contributed by atoms with van der Waals surface area (Å²) in [6.45, 7) is 3.88. The van der Waals surface area contributed by atoms with Gasteiger partial charge in [-0.15, -0.1) is 0 Å². The Hall–Kier alpha value is -2.93. The van der Waals surface area contributed by atoms with E-state index in [9.17, 15) is 14.4 Å². The van der Waals surface area contributed by atoms with Crippen molar-refractivity contribution in [3.05, 3.63) is 69.1 Å². The molecule has 0 spiro atoms. The maximum Gasteiger partial charge on any atom is 0.264 e. The van der Waals surface area contributed by atoms with Crippen molar-refractivity contribution in [2.24, 2.45) is 5.92 Å². The van der Waals surface area contributed by atoms with E-state index in [1.54, 1.807) is 9.47 Å². The van der Waals surface area contributed by atoms with Crippen molar-refractivity contribution >= 4 is 11.8 Å². The van der Waals surface area contributed by atoms with Gasteiger partial charge < -0.3 is 19.1 Å². The zero-order chi connectivity index (χ0) is 22.1. The van der Waals surface area contributed by atoms with Gasteiger partial charge in [-0.1, -0.05) is 30.3 Å². The summed E-state index contributed by atoms with van der Waals surface area (Å²) in [5, 5.41) is 0. The Bertz CT molecular complexity index is 1070. The standard InChI is InChI=1S/C25H29N3O4/c29-23(19-9-13-32-17-19)27-12-8-21-20(15-27)16-28(14-18-6-2-1-3-7-18)25(31)22(21)24(30)26-10-4-5-11-26/h1-3,6-7,16,19H,4-5,8-15,17H2. The first-order chi connectivity index (χ1) is 15.6. The third-order valence-electron chi connectivity index (χ3n) is 6.86. The molecule has 4 heterocycles. The van der Waals surface area contributed by atoms with Crippen LogP contribution in [0, 0.1) is 5.92 Å². The number of hydrogen-bond donors (Lipinski definition) is 0. The minimum Gasteiger partial charge on any atom is -0.381 e. The van der Waals surface area contributed by atoms with Gasteiger partial charge in [0, 0.05) is 39.0 Å². The van der Waals surface area contributed by atoms with E-state index in [2.05, 4.69) is 0 Å². The SMILES string of the molecule is O=C(c1c2c(cn(Cc3ccccc3)c1=O)CN(C(=O)C1CCOC1)CC2)N1CCCC1. The van der Waals surface area contributed by atoms with Gasteiger partial charge in [-0.2, -0.15) is 0 Å². The molecular formula is C25H29N3O4. The van der Waals surface area contributed by atoms with Crippen LogP contribution in [-0.2, 0) is 29.0 Å². The van der Waals surface area contributed by atoms with E-state index in [-0.39, 0.29) is 23.3 Å². The number of aromatic nitrogens is 1. The van der Waals surface area contributed by atoms with Gasteiger partial charge in [0.2, 0.25) is 5.91 Å². The molecule has 32 heavy (non-hydrogen) atoms. The van der Waals surface area contributed by atoms with Gasteiger partial charge in [-0.25, -0.2) is 0 Å².